The van der Waals surface area contributed by atoms with Gasteiger partial charge in [0.2, 0.25) is 6.10 Å². The largest absolute Gasteiger partial charge is 0.442 e. The fourth-order valence-electron chi connectivity index (χ4n) is 3.78. The van der Waals surface area contributed by atoms with Crippen LogP contribution in [0, 0.1) is 0 Å². The molecule has 2 aromatic carbocycles. The van der Waals surface area contributed by atoms with E-state index in [4.69, 9.17) is 4.74 Å². The Bertz CT molecular complexity index is 1130. The number of esters is 1. The Morgan fingerprint density at radius 3 is 2.27 bits per heavy atom. The molecule has 0 aliphatic carbocycles. The number of piperidine rings is 1. The maximum atomic E-state index is 13.2. The molecule has 0 unspecified atom stereocenters. The molecule has 7 nitrogen and oxygen atoms in total. The molecule has 0 bridgehead atoms. The normalized spacial score (nSPS) is 15.0. The second-order valence-electron chi connectivity index (χ2n) is 7.40. The lowest BCUT2D eigenvalue weighted by molar-refractivity contribution is -0.142. The van der Waals surface area contributed by atoms with Crippen molar-refractivity contribution in [3.05, 3.63) is 76.2 Å². The monoisotopic (exact) mass is 405 g/mol. The van der Waals surface area contributed by atoms with Crippen molar-refractivity contribution in [1.29, 1.82) is 0 Å². The van der Waals surface area contributed by atoms with E-state index < -0.39 is 12.1 Å². The molecule has 1 amide bonds. The first-order chi connectivity index (χ1) is 14.6. The topological polar surface area (TPSA) is 81.5 Å². The van der Waals surface area contributed by atoms with E-state index in [0.29, 0.717) is 29.4 Å². The Morgan fingerprint density at radius 1 is 0.933 bits per heavy atom. The molecule has 2 heterocycles. The van der Waals surface area contributed by atoms with Crippen LogP contribution >= 0.6 is 0 Å². The minimum Gasteiger partial charge on any atom is -0.442 e. The van der Waals surface area contributed by atoms with Gasteiger partial charge in [0, 0.05) is 31.1 Å². The van der Waals surface area contributed by atoms with Crippen LogP contribution in [-0.4, -0.2) is 39.6 Å². The molecular formula is C23H23N3O4. The van der Waals surface area contributed by atoms with Crippen LogP contribution < -0.4 is 5.56 Å². The summed E-state index contributed by atoms with van der Waals surface area (Å²) in [6.07, 6.45) is 1.91. The zero-order chi connectivity index (χ0) is 21.1. The maximum Gasteiger partial charge on any atom is 0.360 e. The van der Waals surface area contributed by atoms with Gasteiger partial charge in [-0.3, -0.25) is 9.59 Å². The number of ether oxygens (including phenoxy) is 1. The zero-order valence-electron chi connectivity index (χ0n) is 16.8. The van der Waals surface area contributed by atoms with Crippen LogP contribution in [0.5, 0.6) is 0 Å². The predicted molar refractivity (Wildman–Crippen MR) is 112 cm³/mol. The van der Waals surface area contributed by atoms with Gasteiger partial charge in [-0.15, -0.1) is 0 Å². The van der Waals surface area contributed by atoms with Crippen LogP contribution in [-0.2, 0) is 16.6 Å². The number of benzene rings is 2. The summed E-state index contributed by atoms with van der Waals surface area (Å²) in [4.78, 5) is 40.4. The summed E-state index contributed by atoms with van der Waals surface area (Å²) in [6, 6.07) is 15.8. The van der Waals surface area contributed by atoms with Gasteiger partial charge in [0.15, 0.2) is 5.69 Å². The number of amides is 1. The van der Waals surface area contributed by atoms with Gasteiger partial charge >= 0.3 is 5.97 Å². The van der Waals surface area contributed by atoms with E-state index in [2.05, 4.69) is 5.10 Å². The second-order valence-corrected chi connectivity index (χ2v) is 7.40. The van der Waals surface area contributed by atoms with Gasteiger partial charge < -0.3 is 9.64 Å². The zero-order valence-corrected chi connectivity index (χ0v) is 16.8. The highest BCUT2D eigenvalue weighted by atomic mass is 16.5. The summed E-state index contributed by atoms with van der Waals surface area (Å²) in [5, 5.41) is 4.91. The van der Waals surface area contributed by atoms with Crippen LogP contribution in [0.1, 0.15) is 41.4 Å². The molecule has 1 saturated heterocycles. The van der Waals surface area contributed by atoms with Crippen LogP contribution in [0.2, 0.25) is 0 Å². The maximum absolute atomic E-state index is 13.2. The summed E-state index contributed by atoms with van der Waals surface area (Å²) in [5.41, 5.74) is 0.321. The van der Waals surface area contributed by atoms with E-state index in [9.17, 15) is 14.4 Å². The van der Waals surface area contributed by atoms with Crippen molar-refractivity contribution in [2.75, 3.05) is 13.1 Å². The lowest BCUT2D eigenvalue weighted by atomic mass is 10.1. The van der Waals surface area contributed by atoms with Crippen molar-refractivity contribution in [3.8, 4) is 0 Å². The van der Waals surface area contributed by atoms with Crippen molar-refractivity contribution in [2.24, 2.45) is 7.05 Å². The van der Waals surface area contributed by atoms with E-state index in [-0.39, 0.29) is 17.2 Å². The number of nitrogens with zero attached hydrogens (tertiary/aromatic N) is 3. The molecule has 0 saturated carbocycles. The minimum absolute atomic E-state index is 0.0140. The van der Waals surface area contributed by atoms with E-state index in [0.717, 1.165) is 23.9 Å². The Morgan fingerprint density at radius 2 is 1.57 bits per heavy atom. The Kier molecular flexibility index (Phi) is 5.61. The first-order valence-corrected chi connectivity index (χ1v) is 10.1. The molecule has 0 N–H and O–H groups in total. The number of rotatable bonds is 4. The van der Waals surface area contributed by atoms with Crippen molar-refractivity contribution >= 4 is 22.6 Å². The SMILES string of the molecule is Cn1nc(C(=O)O[C@@H](C(=O)N2CCCCC2)c2ccccc2)c2ccccc2c1=O. The summed E-state index contributed by atoms with van der Waals surface area (Å²) in [6.45, 7) is 1.31. The third-order valence-electron chi connectivity index (χ3n) is 5.37. The first kappa shape index (κ1) is 19.8. The number of carbonyl (C=O) groups is 2. The van der Waals surface area contributed by atoms with Crippen molar-refractivity contribution < 1.29 is 14.3 Å². The molecule has 1 aliphatic rings. The fourth-order valence-corrected chi connectivity index (χ4v) is 3.78. The molecule has 3 aromatic rings. The molecule has 1 aliphatic heterocycles. The molecule has 0 spiro atoms. The Labute approximate surface area is 173 Å². The Hall–Kier alpha value is -3.48. The van der Waals surface area contributed by atoms with E-state index in [1.807, 2.05) is 6.07 Å². The van der Waals surface area contributed by atoms with Gasteiger partial charge in [-0.1, -0.05) is 48.5 Å². The number of hydrogen-bond acceptors (Lipinski definition) is 5. The smallest absolute Gasteiger partial charge is 0.360 e. The van der Waals surface area contributed by atoms with Gasteiger partial charge in [-0.2, -0.15) is 5.10 Å². The van der Waals surface area contributed by atoms with Crippen LogP contribution in [0.25, 0.3) is 10.8 Å². The molecule has 1 fully saturated rings. The van der Waals surface area contributed by atoms with Gasteiger partial charge in [0.1, 0.15) is 0 Å². The van der Waals surface area contributed by atoms with Crippen LogP contribution in [0.15, 0.2) is 59.4 Å². The Balaban J connectivity index is 1.71. The van der Waals surface area contributed by atoms with Gasteiger partial charge in [-0.05, 0) is 25.3 Å². The van der Waals surface area contributed by atoms with Crippen molar-refractivity contribution in [1.82, 2.24) is 14.7 Å². The quantitative estimate of drug-likeness (QED) is 0.624. The number of aromatic nitrogens is 2. The third kappa shape index (κ3) is 3.83. The van der Waals surface area contributed by atoms with Crippen LogP contribution in [0.3, 0.4) is 0 Å². The van der Waals surface area contributed by atoms with Crippen molar-refractivity contribution in [3.63, 3.8) is 0 Å². The predicted octanol–water partition coefficient (Wildman–Crippen LogP) is 2.84. The highest BCUT2D eigenvalue weighted by Gasteiger charge is 2.31. The number of hydrogen-bond donors (Lipinski definition) is 0. The molecule has 0 radical (unpaired) electrons. The van der Waals surface area contributed by atoms with Gasteiger partial charge in [-0.25, -0.2) is 9.48 Å². The lowest BCUT2D eigenvalue weighted by Crippen LogP contribution is -2.40. The number of likely N-dealkylation sites (tertiary alicyclic amines) is 1. The molecule has 30 heavy (non-hydrogen) atoms. The lowest BCUT2D eigenvalue weighted by Gasteiger charge is -2.30. The molecular weight excluding hydrogens is 382 g/mol. The summed E-state index contributed by atoms with van der Waals surface area (Å²) >= 11 is 0. The highest BCUT2D eigenvalue weighted by Crippen LogP contribution is 2.25. The number of carbonyl (C=O) groups excluding carboxylic acids is 2. The molecule has 154 valence electrons. The van der Waals surface area contributed by atoms with Crippen LogP contribution in [0.4, 0.5) is 0 Å². The fraction of sp³-hybridized carbons (Fsp3) is 0.304. The van der Waals surface area contributed by atoms with E-state index in [1.165, 1.54) is 7.05 Å². The summed E-state index contributed by atoms with van der Waals surface area (Å²) in [5.74, 6) is -0.968. The van der Waals surface area contributed by atoms with E-state index in [1.54, 1.807) is 53.4 Å². The second kappa shape index (κ2) is 8.49. The number of fused-ring (bicyclic) bond motifs is 1. The van der Waals surface area contributed by atoms with Gasteiger partial charge in [0.25, 0.3) is 11.5 Å². The minimum atomic E-state index is -1.06. The summed E-state index contributed by atoms with van der Waals surface area (Å²) < 4.78 is 6.85. The number of aryl methyl sites for hydroxylation is 1. The average Bonchev–Trinajstić information content (AvgIpc) is 2.80. The average molecular weight is 405 g/mol. The summed E-state index contributed by atoms with van der Waals surface area (Å²) in [7, 11) is 1.49. The third-order valence-corrected chi connectivity index (χ3v) is 5.37. The molecule has 1 aromatic heterocycles. The molecule has 4 rings (SSSR count). The van der Waals surface area contributed by atoms with Gasteiger partial charge in [0.05, 0.1) is 5.39 Å². The standard InChI is InChI=1S/C23H23N3O4/c1-25-21(27)18-13-7-6-12-17(18)19(24-25)23(29)30-20(16-10-4-2-5-11-16)22(28)26-14-8-3-9-15-26/h2,4-7,10-13,20H,3,8-9,14-15H2,1H3/t20-/m1/s1. The van der Waals surface area contributed by atoms with Crippen molar-refractivity contribution in [2.45, 2.75) is 25.4 Å². The molecule has 1 atom stereocenters. The first-order valence-electron chi connectivity index (χ1n) is 10.1. The highest BCUT2D eigenvalue weighted by molar-refractivity contribution is 6.03. The van der Waals surface area contributed by atoms with E-state index >= 15 is 0 Å². The molecule has 7 heteroatoms.